The molecule has 0 spiro atoms. The number of carbonyl (C=O) groups is 1. The van der Waals surface area contributed by atoms with Crippen LogP contribution in [0.5, 0.6) is 0 Å². The summed E-state index contributed by atoms with van der Waals surface area (Å²) in [6.07, 6.45) is 0. The predicted molar refractivity (Wildman–Crippen MR) is 75.9 cm³/mol. The number of hydrogen-bond donors (Lipinski definition) is 0. The predicted octanol–water partition coefficient (Wildman–Crippen LogP) is 0.118. The van der Waals surface area contributed by atoms with Crippen LogP contribution in [-0.4, -0.2) is 26.9 Å². The lowest BCUT2D eigenvalue weighted by molar-refractivity contribution is -0.0000111. The molecule has 100 valence electrons. The summed E-state index contributed by atoms with van der Waals surface area (Å²) in [5, 5.41) is 0. The molecule has 0 aliphatic rings. The normalized spacial score (nSPS) is 10.7. The van der Waals surface area contributed by atoms with Crippen LogP contribution in [0.15, 0.2) is 54.6 Å². The maximum Gasteiger partial charge on any atom is 0.193 e. The van der Waals surface area contributed by atoms with Gasteiger partial charge in [-0.25, -0.2) is 0 Å². The zero-order chi connectivity index (χ0) is 13.2. The van der Waals surface area contributed by atoms with Gasteiger partial charge in [0.15, 0.2) is 5.78 Å². The molecule has 0 aliphatic heterocycles. The van der Waals surface area contributed by atoms with Gasteiger partial charge >= 0.3 is 0 Å². The molecule has 2 nitrogen and oxygen atoms in total. The zero-order valence-electron chi connectivity index (χ0n) is 11.4. The van der Waals surface area contributed by atoms with Crippen LogP contribution >= 0.6 is 0 Å². The van der Waals surface area contributed by atoms with Crippen LogP contribution < -0.4 is 28.5 Å². The minimum atomic E-state index is 0. The summed E-state index contributed by atoms with van der Waals surface area (Å²) >= 11 is 0. The first kappa shape index (κ1) is 15.9. The van der Waals surface area contributed by atoms with E-state index >= 15 is 0 Å². The molecule has 0 unspecified atom stereocenters. The maximum atomic E-state index is 12.2. The van der Waals surface area contributed by atoms with Crippen LogP contribution in [0.3, 0.4) is 0 Å². The van der Waals surface area contributed by atoms with Gasteiger partial charge in [-0.3, -0.25) is 9.28 Å². The third-order valence-electron chi connectivity index (χ3n) is 2.94. The van der Waals surface area contributed by atoms with Gasteiger partial charge in [-0.15, -0.1) is 0 Å². The van der Waals surface area contributed by atoms with E-state index in [9.17, 15) is 4.79 Å². The molecule has 0 saturated heterocycles. The zero-order valence-corrected chi connectivity index (χ0v) is 13.6. The molecule has 0 heterocycles. The fourth-order valence-electron chi connectivity index (χ4n) is 1.82. The Labute approximate surface area is 131 Å². The maximum absolute atomic E-state index is 12.2. The first-order valence-electron chi connectivity index (χ1n) is 6.00. The van der Waals surface area contributed by atoms with Gasteiger partial charge in [0.1, 0.15) is 5.69 Å². The molecule has 0 bridgehead atoms. The van der Waals surface area contributed by atoms with Crippen molar-refractivity contribution in [3.05, 3.63) is 65.7 Å². The second-order valence-corrected chi connectivity index (χ2v) is 5.25. The smallest absolute Gasteiger partial charge is 0.193 e. The number of ketones is 1. The van der Waals surface area contributed by atoms with E-state index in [1.807, 2.05) is 54.6 Å². The molecule has 0 fully saturated rings. The molecule has 0 N–H and O–H groups in total. The molecular formula is C16H18INO. The van der Waals surface area contributed by atoms with E-state index in [2.05, 4.69) is 21.1 Å². The number of carbonyl (C=O) groups excluding carboxylic acids is 1. The average Bonchev–Trinajstić information content (AvgIpc) is 2.38. The molecule has 0 saturated carbocycles. The molecule has 0 aliphatic carbocycles. The quantitative estimate of drug-likeness (QED) is 0.428. The van der Waals surface area contributed by atoms with E-state index in [4.69, 9.17) is 0 Å². The minimum absolute atomic E-state index is 0. The Morgan fingerprint density at radius 3 is 1.74 bits per heavy atom. The lowest BCUT2D eigenvalue weighted by atomic mass is 10.0. The van der Waals surface area contributed by atoms with E-state index in [-0.39, 0.29) is 29.8 Å². The van der Waals surface area contributed by atoms with Crippen LogP contribution in [0.1, 0.15) is 15.9 Å². The van der Waals surface area contributed by atoms with Crippen molar-refractivity contribution in [3.63, 3.8) is 0 Å². The molecule has 0 amide bonds. The third-order valence-corrected chi connectivity index (χ3v) is 2.94. The monoisotopic (exact) mass is 367 g/mol. The summed E-state index contributed by atoms with van der Waals surface area (Å²) in [4.78, 5) is 12.2. The summed E-state index contributed by atoms with van der Waals surface area (Å²) in [5.41, 5.74) is 2.65. The van der Waals surface area contributed by atoms with Gasteiger partial charge in [0, 0.05) is 11.1 Å². The Hall–Kier alpha value is -1.20. The highest BCUT2D eigenvalue weighted by Gasteiger charge is 2.13. The molecular weight excluding hydrogens is 349 g/mol. The molecule has 2 aromatic rings. The summed E-state index contributed by atoms with van der Waals surface area (Å²) in [7, 11) is 6.32. The fourth-order valence-corrected chi connectivity index (χ4v) is 1.82. The molecule has 19 heavy (non-hydrogen) atoms. The number of benzene rings is 2. The Kier molecular flexibility index (Phi) is 5.26. The Balaban J connectivity index is 0.00000180. The second kappa shape index (κ2) is 6.30. The summed E-state index contributed by atoms with van der Waals surface area (Å²) in [6, 6.07) is 17.2. The van der Waals surface area contributed by atoms with Gasteiger partial charge in [0.05, 0.1) is 21.1 Å². The van der Waals surface area contributed by atoms with E-state index in [0.717, 1.165) is 15.6 Å². The summed E-state index contributed by atoms with van der Waals surface area (Å²) < 4.78 is 0.750. The molecule has 0 aromatic heterocycles. The highest BCUT2D eigenvalue weighted by Crippen LogP contribution is 2.18. The number of hydrogen-bond acceptors (Lipinski definition) is 1. The van der Waals surface area contributed by atoms with Crippen molar-refractivity contribution in [1.82, 2.24) is 4.48 Å². The Morgan fingerprint density at radius 1 is 0.789 bits per heavy atom. The van der Waals surface area contributed by atoms with Crippen LogP contribution in [-0.2, 0) is 0 Å². The molecule has 2 rings (SSSR count). The third kappa shape index (κ3) is 3.88. The van der Waals surface area contributed by atoms with Crippen molar-refractivity contribution in [3.8, 4) is 0 Å². The number of rotatable bonds is 3. The van der Waals surface area contributed by atoms with Gasteiger partial charge in [-0.2, -0.15) is 0 Å². The van der Waals surface area contributed by atoms with Gasteiger partial charge < -0.3 is 24.0 Å². The van der Waals surface area contributed by atoms with E-state index < -0.39 is 0 Å². The highest BCUT2D eigenvalue weighted by atomic mass is 127. The van der Waals surface area contributed by atoms with Crippen molar-refractivity contribution >= 4 is 11.5 Å². The Bertz CT molecular complexity index is 541. The van der Waals surface area contributed by atoms with Crippen molar-refractivity contribution < 1.29 is 28.8 Å². The first-order chi connectivity index (χ1) is 8.48. The van der Waals surface area contributed by atoms with Crippen LogP contribution in [0, 0.1) is 0 Å². The minimum Gasteiger partial charge on any atom is -1.00 e. The number of quaternary nitrogens is 1. The van der Waals surface area contributed by atoms with Crippen molar-refractivity contribution in [2.45, 2.75) is 0 Å². The summed E-state index contributed by atoms with van der Waals surface area (Å²) in [6.45, 7) is 0. The molecule has 3 heteroatoms. The molecule has 2 aromatic carbocycles. The van der Waals surface area contributed by atoms with Crippen LogP contribution in [0.4, 0.5) is 5.69 Å². The van der Waals surface area contributed by atoms with Crippen LogP contribution in [0.2, 0.25) is 0 Å². The lowest BCUT2D eigenvalue weighted by Crippen LogP contribution is -3.00. The van der Waals surface area contributed by atoms with Crippen molar-refractivity contribution in [1.29, 1.82) is 0 Å². The highest BCUT2D eigenvalue weighted by molar-refractivity contribution is 6.09. The summed E-state index contributed by atoms with van der Waals surface area (Å²) in [5.74, 6) is 0.0727. The second-order valence-electron chi connectivity index (χ2n) is 5.25. The molecule has 0 atom stereocenters. The van der Waals surface area contributed by atoms with E-state index in [1.165, 1.54) is 5.69 Å². The van der Waals surface area contributed by atoms with E-state index in [1.54, 1.807) is 0 Å². The largest absolute Gasteiger partial charge is 1.00 e. The van der Waals surface area contributed by atoms with Gasteiger partial charge in [-0.05, 0) is 24.3 Å². The SMILES string of the molecule is C[N+](C)(C)c1ccc(C(=O)c2ccccc2)cc1.[I-]. The van der Waals surface area contributed by atoms with Gasteiger partial charge in [-0.1, -0.05) is 30.3 Å². The van der Waals surface area contributed by atoms with Gasteiger partial charge in [0.2, 0.25) is 0 Å². The van der Waals surface area contributed by atoms with E-state index in [0.29, 0.717) is 0 Å². The van der Waals surface area contributed by atoms with Crippen molar-refractivity contribution in [2.24, 2.45) is 0 Å². The van der Waals surface area contributed by atoms with Crippen LogP contribution in [0.25, 0.3) is 0 Å². The fraction of sp³-hybridized carbons (Fsp3) is 0.188. The average molecular weight is 367 g/mol. The number of nitrogens with zero attached hydrogens (tertiary/aromatic N) is 1. The van der Waals surface area contributed by atoms with Crippen molar-refractivity contribution in [2.75, 3.05) is 21.1 Å². The molecule has 0 radical (unpaired) electrons. The Morgan fingerprint density at radius 2 is 1.26 bits per heavy atom. The lowest BCUT2D eigenvalue weighted by Gasteiger charge is -2.23. The number of halogens is 1. The first-order valence-corrected chi connectivity index (χ1v) is 6.00. The standard InChI is InChI=1S/C16H18NO.HI/c1-17(2,3)15-11-9-14(10-12-15)16(18)13-7-5-4-6-8-13;/h4-12H,1-3H3;1H/q+1;/p-1. The van der Waals surface area contributed by atoms with Gasteiger partial charge in [0.25, 0.3) is 0 Å². The topological polar surface area (TPSA) is 17.1 Å².